The summed E-state index contributed by atoms with van der Waals surface area (Å²) in [6, 6.07) is 11.5. The normalized spacial score (nSPS) is 11.0. The number of nitrogens with zero attached hydrogens (tertiary/aromatic N) is 1. The molecule has 0 spiro atoms. The molecule has 1 N–H and O–H groups in total. The van der Waals surface area contributed by atoms with Crippen molar-refractivity contribution in [2.45, 2.75) is 6.61 Å². The highest BCUT2D eigenvalue weighted by molar-refractivity contribution is 5.76. The average molecular weight is 243 g/mol. The van der Waals surface area contributed by atoms with E-state index in [0.717, 1.165) is 5.56 Å². The lowest BCUT2D eigenvalue weighted by molar-refractivity contribution is 0.282. The molecule has 0 aliphatic heterocycles. The minimum absolute atomic E-state index is 0.0638. The second-order valence-corrected chi connectivity index (χ2v) is 3.96. The van der Waals surface area contributed by atoms with Crippen molar-refractivity contribution in [1.29, 1.82) is 0 Å². The minimum atomic E-state index is -0.369. The van der Waals surface area contributed by atoms with Crippen LogP contribution in [0.5, 0.6) is 0 Å². The first-order chi connectivity index (χ1) is 8.78. The lowest BCUT2D eigenvalue weighted by atomic mass is 10.2. The Bertz CT molecular complexity index is 706. The van der Waals surface area contributed by atoms with Crippen LogP contribution in [0, 0.1) is 5.82 Å². The van der Waals surface area contributed by atoms with Crippen molar-refractivity contribution in [1.82, 2.24) is 4.98 Å². The quantitative estimate of drug-likeness (QED) is 0.752. The molecular weight excluding hydrogens is 233 g/mol. The lowest BCUT2D eigenvalue weighted by Crippen LogP contribution is -1.82. The molecule has 0 fully saturated rings. The van der Waals surface area contributed by atoms with Crippen LogP contribution < -0.4 is 0 Å². The maximum Gasteiger partial charge on any atom is 0.230 e. The second kappa shape index (κ2) is 4.23. The molecule has 0 bridgehead atoms. The van der Waals surface area contributed by atoms with Gasteiger partial charge in [0.15, 0.2) is 5.58 Å². The van der Waals surface area contributed by atoms with E-state index in [1.54, 1.807) is 36.4 Å². The molecule has 1 heterocycles. The molecule has 0 saturated carbocycles. The van der Waals surface area contributed by atoms with Crippen molar-refractivity contribution in [3.8, 4) is 11.5 Å². The summed E-state index contributed by atoms with van der Waals surface area (Å²) >= 11 is 0. The van der Waals surface area contributed by atoms with Gasteiger partial charge >= 0.3 is 0 Å². The van der Waals surface area contributed by atoms with E-state index in [9.17, 15) is 4.39 Å². The molecule has 0 amide bonds. The molecule has 0 atom stereocenters. The summed E-state index contributed by atoms with van der Waals surface area (Å²) in [4.78, 5) is 4.23. The molecule has 0 aliphatic carbocycles. The van der Waals surface area contributed by atoms with Crippen LogP contribution in [0.3, 0.4) is 0 Å². The predicted octanol–water partition coefficient (Wildman–Crippen LogP) is 3.13. The lowest BCUT2D eigenvalue weighted by Gasteiger charge is -1.95. The molecule has 3 aromatic rings. The van der Waals surface area contributed by atoms with Gasteiger partial charge in [-0.2, -0.15) is 0 Å². The van der Waals surface area contributed by atoms with Gasteiger partial charge in [0.2, 0.25) is 5.89 Å². The third-order valence-corrected chi connectivity index (χ3v) is 2.74. The predicted molar refractivity (Wildman–Crippen MR) is 65.3 cm³/mol. The van der Waals surface area contributed by atoms with E-state index in [-0.39, 0.29) is 18.3 Å². The molecule has 4 heteroatoms. The number of rotatable bonds is 2. The van der Waals surface area contributed by atoms with Crippen LogP contribution in [-0.4, -0.2) is 10.1 Å². The molecule has 3 rings (SSSR count). The topological polar surface area (TPSA) is 46.3 Å². The number of hydrogen-bond acceptors (Lipinski definition) is 3. The Morgan fingerprint density at radius 1 is 1.17 bits per heavy atom. The Hall–Kier alpha value is -2.20. The fourth-order valence-corrected chi connectivity index (χ4v) is 1.82. The van der Waals surface area contributed by atoms with E-state index in [4.69, 9.17) is 9.52 Å². The van der Waals surface area contributed by atoms with E-state index in [1.807, 2.05) is 0 Å². The molecule has 2 aromatic carbocycles. The molecule has 0 radical (unpaired) electrons. The first-order valence-corrected chi connectivity index (χ1v) is 5.53. The number of aromatic nitrogens is 1. The van der Waals surface area contributed by atoms with Gasteiger partial charge in [-0.3, -0.25) is 0 Å². The highest BCUT2D eigenvalue weighted by atomic mass is 19.1. The van der Waals surface area contributed by atoms with Gasteiger partial charge < -0.3 is 9.52 Å². The highest BCUT2D eigenvalue weighted by Crippen LogP contribution is 2.26. The van der Waals surface area contributed by atoms with Crippen molar-refractivity contribution in [3.63, 3.8) is 0 Å². The number of benzene rings is 2. The molecule has 90 valence electrons. The number of hydrogen-bond donors (Lipinski definition) is 1. The molecule has 1 aromatic heterocycles. The smallest absolute Gasteiger partial charge is 0.230 e. The zero-order chi connectivity index (χ0) is 12.5. The number of oxazole rings is 1. The monoisotopic (exact) mass is 243 g/mol. The Morgan fingerprint density at radius 3 is 2.78 bits per heavy atom. The van der Waals surface area contributed by atoms with Crippen molar-refractivity contribution < 1.29 is 13.9 Å². The van der Waals surface area contributed by atoms with Crippen molar-refractivity contribution in [2.75, 3.05) is 0 Å². The number of fused-ring (bicyclic) bond motifs is 1. The Morgan fingerprint density at radius 2 is 2.00 bits per heavy atom. The largest absolute Gasteiger partial charge is 0.436 e. The summed E-state index contributed by atoms with van der Waals surface area (Å²) in [5.74, 6) is -0.121. The summed E-state index contributed by atoms with van der Waals surface area (Å²) < 4.78 is 19.1. The standard InChI is InChI=1S/C14H10FNO2/c15-11-4-2-1-3-10(11)14-16-12-6-5-9(8-17)7-13(12)18-14/h1-7,17H,8H2. The van der Waals surface area contributed by atoms with E-state index in [0.29, 0.717) is 16.7 Å². The van der Waals surface area contributed by atoms with Crippen LogP contribution in [0.2, 0.25) is 0 Å². The number of halogens is 1. The van der Waals surface area contributed by atoms with Crippen molar-refractivity contribution in [2.24, 2.45) is 0 Å². The van der Waals surface area contributed by atoms with Gasteiger partial charge in [-0.25, -0.2) is 9.37 Å². The minimum Gasteiger partial charge on any atom is -0.436 e. The Kier molecular flexibility index (Phi) is 2.57. The molecular formula is C14H10FNO2. The number of aliphatic hydroxyl groups is 1. The maximum atomic E-state index is 13.6. The highest BCUT2D eigenvalue weighted by Gasteiger charge is 2.12. The summed E-state index contributed by atoms with van der Waals surface area (Å²) in [5.41, 5.74) is 2.25. The van der Waals surface area contributed by atoms with Gasteiger partial charge in [0.25, 0.3) is 0 Å². The average Bonchev–Trinajstić information content (AvgIpc) is 2.81. The van der Waals surface area contributed by atoms with Crippen molar-refractivity contribution in [3.05, 3.63) is 53.8 Å². The fourth-order valence-electron chi connectivity index (χ4n) is 1.82. The molecule has 18 heavy (non-hydrogen) atoms. The first kappa shape index (κ1) is 10.9. The van der Waals surface area contributed by atoms with E-state index >= 15 is 0 Å². The Labute approximate surface area is 103 Å². The molecule has 0 aliphatic rings. The van der Waals surface area contributed by atoms with Crippen LogP contribution in [0.25, 0.3) is 22.6 Å². The van der Waals surface area contributed by atoms with E-state index in [1.165, 1.54) is 6.07 Å². The van der Waals surface area contributed by atoms with Gasteiger partial charge in [0.05, 0.1) is 12.2 Å². The third kappa shape index (κ3) is 1.76. The Balaban J connectivity index is 2.17. The van der Waals surface area contributed by atoms with Gasteiger partial charge in [0.1, 0.15) is 11.3 Å². The summed E-state index contributed by atoms with van der Waals surface area (Å²) in [7, 11) is 0. The third-order valence-electron chi connectivity index (χ3n) is 2.74. The fraction of sp³-hybridized carbons (Fsp3) is 0.0714. The van der Waals surface area contributed by atoms with E-state index < -0.39 is 0 Å². The van der Waals surface area contributed by atoms with Crippen molar-refractivity contribution >= 4 is 11.1 Å². The van der Waals surface area contributed by atoms with Crippen LogP contribution in [0.15, 0.2) is 46.9 Å². The van der Waals surface area contributed by atoms with Crippen LogP contribution >= 0.6 is 0 Å². The number of aliphatic hydroxyl groups excluding tert-OH is 1. The van der Waals surface area contributed by atoms with Gasteiger partial charge in [-0.1, -0.05) is 18.2 Å². The molecule has 0 saturated heterocycles. The van der Waals surface area contributed by atoms with Gasteiger partial charge in [-0.05, 0) is 29.8 Å². The second-order valence-electron chi connectivity index (χ2n) is 3.96. The van der Waals surface area contributed by atoms with Crippen LogP contribution in [0.1, 0.15) is 5.56 Å². The first-order valence-electron chi connectivity index (χ1n) is 5.53. The SMILES string of the molecule is OCc1ccc2nc(-c3ccccc3F)oc2c1. The van der Waals surface area contributed by atoms with E-state index in [2.05, 4.69) is 4.98 Å². The van der Waals surface area contributed by atoms with Gasteiger partial charge in [-0.15, -0.1) is 0 Å². The summed E-state index contributed by atoms with van der Waals surface area (Å²) in [6.45, 7) is -0.0638. The summed E-state index contributed by atoms with van der Waals surface area (Å²) in [5, 5.41) is 9.04. The zero-order valence-corrected chi connectivity index (χ0v) is 9.43. The van der Waals surface area contributed by atoms with Crippen LogP contribution in [-0.2, 0) is 6.61 Å². The molecule has 0 unspecified atom stereocenters. The van der Waals surface area contributed by atoms with Crippen LogP contribution in [0.4, 0.5) is 4.39 Å². The van der Waals surface area contributed by atoms with Gasteiger partial charge in [0, 0.05) is 0 Å². The summed E-state index contributed by atoms with van der Waals surface area (Å²) in [6.07, 6.45) is 0. The molecule has 3 nitrogen and oxygen atoms in total. The zero-order valence-electron chi connectivity index (χ0n) is 9.43. The maximum absolute atomic E-state index is 13.6.